The summed E-state index contributed by atoms with van der Waals surface area (Å²) < 4.78 is 0. The monoisotopic (exact) mass is 184 g/mol. The topological polar surface area (TPSA) is 61.4 Å². The smallest absolute Gasteiger partial charge is 0.305 e. The Bertz CT molecular complexity index is 222. The van der Waals surface area contributed by atoms with Crippen LogP contribution in [0.4, 0.5) is 0 Å². The Kier molecular flexibility index (Phi) is 3.06. The second-order valence-corrected chi connectivity index (χ2v) is 3.77. The van der Waals surface area contributed by atoms with Gasteiger partial charge < -0.3 is 15.7 Å². The lowest BCUT2D eigenvalue weighted by molar-refractivity contribution is -0.139. The van der Waals surface area contributed by atoms with Crippen molar-refractivity contribution in [1.82, 2.24) is 10.6 Å². The lowest BCUT2D eigenvalue weighted by Gasteiger charge is -2.42. The van der Waals surface area contributed by atoms with E-state index in [0.717, 1.165) is 18.7 Å². The molecule has 13 heavy (non-hydrogen) atoms. The second kappa shape index (κ2) is 3.89. The molecule has 0 aromatic heterocycles. The van der Waals surface area contributed by atoms with Crippen molar-refractivity contribution >= 4 is 5.97 Å². The minimum Gasteiger partial charge on any atom is -0.481 e. The summed E-state index contributed by atoms with van der Waals surface area (Å²) in [5, 5.41) is 15.0. The Morgan fingerprint density at radius 3 is 2.62 bits per heavy atom. The average molecular weight is 184 g/mol. The lowest BCUT2D eigenvalue weighted by atomic mass is 9.88. The van der Waals surface area contributed by atoms with Gasteiger partial charge in [0.1, 0.15) is 0 Å². The zero-order chi connectivity index (χ0) is 9.90. The van der Waals surface area contributed by atoms with Crippen LogP contribution in [0.25, 0.3) is 0 Å². The molecule has 1 rings (SSSR count). The van der Waals surface area contributed by atoms with Crippen LogP contribution in [0.2, 0.25) is 0 Å². The molecule has 1 saturated heterocycles. The Hall–Kier alpha value is -0.870. The van der Waals surface area contributed by atoms with Gasteiger partial charge in [-0.15, -0.1) is 0 Å². The van der Waals surface area contributed by atoms with Gasteiger partial charge in [-0.2, -0.15) is 0 Å². The summed E-state index contributed by atoms with van der Waals surface area (Å²) in [5.74, 6) is -0.754. The molecule has 1 fully saturated rings. The minimum absolute atomic E-state index is 0.174. The molecule has 1 aliphatic heterocycles. The third-order valence-corrected chi connectivity index (χ3v) is 2.18. The second-order valence-electron chi connectivity index (χ2n) is 3.77. The molecule has 0 aromatic rings. The van der Waals surface area contributed by atoms with E-state index >= 15 is 0 Å². The Balaban J connectivity index is 2.40. The van der Waals surface area contributed by atoms with Gasteiger partial charge in [0.25, 0.3) is 0 Å². The zero-order valence-electron chi connectivity index (χ0n) is 7.89. The number of carboxylic acid groups (broad SMARTS) is 1. The minimum atomic E-state index is -0.754. The third-order valence-electron chi connectivity index (χ3n) is 2.18. The molecule has 1 aliphatic rings. The van der Waals surface area contributed by atoms with Crippen molar-refractivity contribution in [3.63, 3.8) is 0 Å². The van der Waals surface area contributed by atoms with Crippen LogP contribution in [0.1, 0.15) is 13.3 Å². The van der Waals surface area contributed by atoms with Crippen LogP contribution in [-0.2, 0) is 4.79 Å². The molecular formula is C9H16N2O2. The molecule has 0 aliphatic carbocycles. The van der Waals surface area contributed by atoms with Crippen LogP contribution in [0.15, 0.2) is 12.2 Å². The maximum Gasteiger partial charge on any atom is 0.305 e. The van der Waals surface area contributed by atoms with Crippen LogP contribution in [-0.4, -0.2) is 36.2 Å². The first-order chi connectivity index (χ1) is 6.04. The van der Waals surface area contributed by atoms with Crippen LogP contribution in [0, 0.1) is 0 Å². The van der Waals surface area contributed by atoms with Gasteiger partial charge in [-0.05, 0) is 6.92 Å². The normalized spacial score (nSPS) is 19.2. The third kappa shape index (κ3) is 2.82. The van der Waals surface area contributed by atoms with Gasteiger partial charge >= 0.3 is 5.97 Å². The quantitative estimate of drug-likeness (QED) is 0.525. The van der Waals surface area contributed by atoms with Crippen LogP contribution in [0.5, 0.6) is 0 Å². The highest BCUT2D eigenvalue weighted by molar-refractivity contribution is 5.68. The first kappa shape index (κ1) is 10.2. The van der Waals surface area contributed by atoms with Crippen molar-refractivity contribution in [1.29, 1.82) is 0 Å². The molecule has 0 unspecified atom stereocenters. The van der Waals surface area contributed by atoms with E-state index in [0.29, 0.717) is 6.54 Å². The summed E-state index contributed by atoms with van der Waals surface area (Å²) in [4.78, 5) is 10.6. The average Bonchev–Trinajstić information content (AvgIpc) is 1.93. The van der Waals surface area contributed by atoms with E-state index in [9.17, 15) is 4.79 Å². The molecule has 4 nitrogen and oxygen atoms in total. The van der Waals surface area contributed by atoms with E-state index < -0.39 is 5.97 Å². The van der Waals surface area contributed by atoms with E-state index in [-0.39, 0.29) is 12.0 Å². The Morgan fingerprint density at radius 1 is 1.69 bits per heavy atom. The molecule has 4 heteroatoms. The number of hydrogen-bond acceptors (Lipinski definition) is 3. The number of aliphatic carboxylic acids is 1. The number of carbonyl (C=O) groups is 1. The van der Waals surface area contributed by atoms with Crippen molar-refractivity contribution < 1.29 is 9.90 Å². The van der Waals surface area contributed by atoms with Gasteiger partial charge in [0.05, 0.1) is 12.0 Å². The summed E-state index contributed by atoms with van der Waals surface area (Å²) in [6.45, 7) is 7.84. The number of carboxylic acids is 1. The van der Waals surface area contributed by atoms with Gasteiger partial charge in [0.2, 0.25) is 0 Å². The van der Waals surface area contributed by atoms with Gasteiger partial charge in [-0.1, -0.05) is 12.2 Å². The molecule has 0 saturated carbocycles. The fourth-order valence-corrected chi connectivity index (χ4v) is 1.37. The van der Waals surface area contributed by atoms with E-state index in [2.05, 4.69) is 17.2 Å². The maximum absolute atomic E-state index is 10.6. The summed E-state index contributed by atoms with van der Waals surface area (Å²) in [7, 11) is 0. The molecule has 0 spiro atoms. The number of nitrogens with one attached hydrogen (secondary N) is 2. The largest absolute Gasteiger partial charge is 0.481 e. The summed E-state index contributed by atoms with van der Waals surface area (Å²) in [5.41, 5.74) is 0.779. The van der Waals surface area contributed by atoms with Gasteiger partial charge in [-0.25, -0.2) is 0 Å². The number of rotatable bonds is 5. The molecule has 0 radical (unpaired) electrons. The fraction of sp³-hybridized carbons (Fsp3) is 0.667. The molecule has 3 N–H and O–H groups in total. The molecule has 1 heterocycles. The predicted octanol–water partition coefficient (Wildman–Crippen LogP) is -0.0312. The first-order valence-electron chi connectivity index (χ1n) is 4.36. The highest BCUT2D eigenvalue weighted by Crippen LogP contribution is 2.15. The van der Waals surface area contributed by atoms with E-state index in [1.807, 2.05) is 6.92 Å². The van der Waals surface area contributed by atoms with Crippen LogP contribution in [0.3, 0.4) is 0 Å². The highest BCUT2D eigenvalue weighted by atomic mass is 16.4. The van der Waals surface area contributed by atoms with E-state index in [4.69, 9.17) is 5.11 Å². The van der Waals surface area contributed by atoms with Crippen LogP contribution < -0.4 is 10.6 Å². The van der Waals surface area contributed by atoms with Crippen molar-refractivity contribution in [2.24, 2.45) is 0 Å². The summed E-state index contributed by atoms with van der Waals surface area (Å²) >= 11 is 0. The number of hydrogen-bond donors (Lipinski definition) is 3. The highest BCUT2D eigenvalue weighted by Gasteiger charge is 2.38. The fourth-order valence-electron chi connectivity index (χ4n) is 1.37. The van der Waals surface area contributed by atoms with Gasteiger partial charge in [0.15, 0.2) is 0 Å². The SMILES string of the molecule is C=C(C)CNC1(CC(=O)O)CNC1. The van der Waals surface area contributed by atoms with Crippen molar-refractivity contribution in [3.8, 4) is 0 Å². The summed E-state index contributed by atoms with van der Waals surface area (Å²) in [6.07, 6.45) is 0.174. The molecule has 74 valence electrons. The summed E-state index contributed by atoms with van der Waals surface area (Å²) in [6, 6.07) is 0. The Morgan fingerprint density at radius 2 is 2.31 bits per heavy atom. The lowest BCUT2D eigenvalue weighted by Crippen LogP contribution is -2.68. The first-order valence-corrected chi connectivity index (χ1v) is 4.36. The zero-order valence-corrected chi connectivity index (χ0v) is 7.89. The molecule has 0 atom stereocenters. The van der Waals surface area contributed by atoms with Crippen LogP contribution >= 0.6 is 0 Å². The molecule has 0 bridgehead atoms. The van der Waals surface area contributed by atoms with Gasteiger partial charge in [-0.3, -0.25) is 4.79 Å². The van der Waals surface area contributed by atoms with E-state index in [1.165, 1.54) is 0 Å². The van der Waals surface area contributed by atoms with Crippen molar-refractivity contribution in [2.75, 3.05) is 19.6 Å². The van der Waals surface area contributed by atoms with Gasteiger partial charge in [0, 0.05) is 19.6 Å². The molecule has 0 aromatic carbocycles. The van der Waals surface area contributed by atoms with Crippen molar-refractivity contribution in [3.05, 3.63) is 12.2 Å². The molecular weight excluding hydrogens is 168 g/mol. The predicted molar refractivity (Wildman–Crippen MR) is 50.7 cm³/mol. The standard InChI is InChI=1S/C9H16N2O2/c1-7(2)4-11-9(3-8(12)13)5-10-6-9/h10-11H,1,3-6H2,2H3,(H,12,13). The van der Waals surface area contributed by atoms with E-state index in [1.54, 1.807) is 0 Å². The maximum atomic E-state index is 10.6. The van der Waals surface area contributed by atoms with Crippen molar-refractivity contribution in [2.45, 2.75) is 18.9 Å². The molecule has 0 amide bonds. The Labute approximate surface area is 78.0 Å².